The van der Waals surface area contributed by atoms with Crippen molar-refractivity contribution in [2.75, 3.05) is 25.6 Å². The summed E-state index contributed by atoms with van der Waals surface area (Å²) in [7, 11) is 2.52. The van der Waals surface area contributed by atoms with Gasteiger partial charge in [-0.2, -0.15) is 0 Å². The predicted octanol–water partition coefficient (Wildman–Crippen LogP) is 2.49. The number of carbonyl (C=O) groups excluding carboxylic acids is 1. The molecule has 7 heteroatoms. The van der Waals surface area contributed by atoms with Gasteiger partial charge in [0.25, 0.3) is 0 Å². The lowest BCUT2D eigenvalue weighted by Crippen LogP contribution is -2.21. The fraction of sp³-hybridized carbons (Fsp3) is 0.364. The van der Waals surface area contributed by atoms with Crippen molar-refractivity contribution in [3.8, 4) is 0 Å². The molecule has 0 saturated carbocycles. The van der Waals surface area contributed by atoms with E-state index in [9.17, 15) is 22.4 Å². The molecule has 3 nitrogen and oxygen atoms in total. The van der Waals surface area contributed by atoms with Crippen LogP contribution in [-0.4, -0.2) is 26.7 Å². The Balaban J connectivity index is 3.61. The number of anilines is 1. The van der Waals surface area contributed by atoms with E-state index in [0.29, 0.717) is 0 Å². The molecule has 0 fully saturated rings. The molecule has 0 amide bonds. The molecule has 1 aromatic carbocycles. The van der Waals surface area contributed by atoms with Crippen molar-refractivity contribution in [3.63, 3.8) is 0 Å². The molecule has 0 heterocycles. The van der Waals surface area contributed by atoms with E-state index in [1.165, 1.54) is 21.0 Å². The highest BCUT2D eigenvalue weighted by molar-refractivity contribution is 5.96. The molecule has 0 bridgehead atoms. The maximum absolute atomic E-state index is 13.5. The van der Waals surface area contributed by atoms with Gasteiger partial charge in [-0.15, -0.1) is 0 Å². The second-order valence-corrected chi connectivity index (χ2v) is 3.59. The van der Waals surface area contributed by atoms with Crippen LogP contribution >= 0.6 is 0 Å². The largest absolute Gasteiger partial charge is 0.462 e. The van der Waals surface area contributed by atoms with E-state index < -0.39 is 40.5 Å². The second kappa shape index (κ2) is 5.24. The van der Waals surface area contributed by atoms with Crippen LogP contribution in [0.2, 0.25) is 0 Å². The van der Waals surface area contributed by atoms with Crippen LogP contribution in [0, 0.1) is 23.3 Å². The first-order valence-electron chi connectivity index (χ1n) is 5.03. The molecule has 0 aliphatic rings. The first kappa shape index (κ1) is 14.3. The Kier molecular flexibility index (Phi) is 4.15. The standard InChI is InChI=1S/C11H11F4NO2/c1-4-18-11(17)5-6(12)7(13)8(14)9(15)10(5)16(2)3/h4H2,1-3H3. The molecule has 0 N–H and O–H groups in total. The molecule has 0 atom stereocenters. The first-order valence-corrected chi connectivity index (χ1v) is 5.03. The number of halogens is 4. The third-order valence-electron chi connectivity index (χ3n) is 2.17. The predicted molar refractivity (Wildman–Crippen MR) is 56.6 cm³/mol. The number of ether oxygens (including phenoxy) is 1. The Morgan fingerprint density at radius 1 is 1.06 bits per heavy atom. The molecule has 1 rings (SSSR count). The van der Waals surface area contributed by atoms with Gasteiger partial charge in [0.2, 0.25) is 0 Å². The van der Waals surface area contributed by atoms with Crippen molar-refractivity contribution in [2.24, 2.45) is 0 Å². The molecular weight excluding hydrogens is 254 g/mol. The van der Waals surface area contributed by atoms with E-state index in [4.69, 9.17) is 0 Å². The maximum atomic E-state index is 13.5. The smallest absolute Gasteiger partial charge is 0.343 e. The number of esters is 1. The zero-order valence-corrected chi connectivity index (χ0v) is 9.98. The third-order valence-corrected chi connectivity index (χ3v) is 2.17. The molecule has 0 spiro atoms. The van der Waals surface area contributed by atoms with Gasteiger partial charge in [-0.1, -0.05) is 0 Å². The number of hydrogen-bond acceptors (Lipinski definition) is 3. The van der Waals surface area contributed by atoms with E-state index >= 15 is 0 Å². The molecule has 1 aromatic rings. The molecule has 0 aliphatic carbocycles. The lowest BCUT2D eigenvalue weighted by atomic mass is 10.1. The second-order valence-electron chi connectivity index (χ2n) is 3.59. The van der Waals surface area contributed by atoms with Gasteiger partial charge < -0.3 is 9.64 Å². The minimum absolute atomic E-state index is 0.105. The van der Waals surface area contributed by atoms with E-state index in [1.807, 2.05) is 0 Å². The van der Waals surface area contributed by atoms with Gasteiger partial charge in [0.1, 0.15) is 5.56 Å². The Labute approximate surface area is 101 Å². The van der Waals surface area contributed by atoms with Crippen molar-refractivity contribution in [1.82, 2.24) is 0 Å². The normalized spacial score (nSPS) is 10.4. The Morgan fingerprint density at radius 3 is 2.00 bits per heavy atom. The Morgan fingerprint density at radius 2 is 1.56 bits per heavy atom. The quantitative estimate of drug-likeness (QED) is 0.364. The van der Waals surface area contributed by atoms with E-state index in [2.05, 4.69) is 4.74 Å². The third kappa shape index (κ3) is 2.25. The highest BCUT2D eigenvalue weighted by Gasteiger charge is 2.31. The average Bonchev–Trinajstić information content (AvgIpc) is 2.30. The summed E-state index contributed by atoms with van der Waals surface area (Å²) in [5.74, 6) is -8.67. The fourth-order valence-electron chi connectivity index (χ4n) is 1.43. The summed E-state index contributed by atoms with van der Waals surface area (Å²) in [6.45, 7) is 1.34. The van der Waals surface area contributed by atoms with E-state index in [-0.39, 0.29) is 6.61 Å². The molecule has 18 heavy (non-hydrogen) atoms. The summed E-state index contributed by atoms with van der Waals surface area (Å²) in [6.07, 6.45) is 0. The first-order chi connectivity index (χ1) is 8.32. The van der Waals surface area contributed by atoms with Crippen LogP contribution in [0.25, 0.3) is 0 Å². The summed E-state index contributed by atoms with van der Waals surface area (Å²) in [4.78, 5) is 12.4. The zero-order chi connectivity index (χ0) is 14.0. The molecule has 0 radical (unpaired) electrons. The summed E-state index contributed by atoms with van der Waals surface area (Å²) >= 11 is 0. The van der Waals surface area contributed by atoms with Gasteiger partial charge in [-0.25, -0.2) is 22.4 Å². The van der Waals surface area contributed by atoms with Gasteiger partial charge >= 0.3 is 5.97 Å². The van der Waals surface area contributed by atoms with Crippen LogP contribution in [0.15, 0.2) is 0 Å². The lowest BCUT2D eigenvalue weighted by molar-refractivity contribution is 0.0519. The van der Waals surface area contributed by atoms with Crippen molar-refractivity contribution in [1.29, 1.82) is 0 Å². The van der Waals surface area contributed by atoms with Crippen LogP contribution in [0.5, 0.6) is 0 Å². The zero-order valence-electron chi connectivity index (χ0n) is 9.98. The van der Waals surface area contributed by atoms with Gasteiger partial charge in [-0.05, 0) is 6.92 Å². The molecule has 0 aromatic heterocycles. The van der Waals surface area contributed by atoms with Crippen LogP contribution < -0.4 is 4.90 Å². The van der Waals surface area contributed by atoms with Crippen LogP contribution in [0.3, 0.4) is 0 Å². The van der Waals surface area contributed by atoms with Crippen molar-refractivity contribution in [2.45, 2.75) is 6.92 Å². The van der Waals surface area contributed by atoms with E-state index in [1.54, 1.807) is 0 Å². The molecule has 0 unspecified atom stereocenters. The minimum Gasteiger partial charge on any atom is -0.462 e. The highest BCUT2D eigenvalue weighted by atomic mass is 19.2. The lowest BCUT2D eigenvalue weighted by Gasteiger charge is -2.18. The summed E-state index contributed by atoms with van der Waals surface area (Å²) in [5, 5.41) is 0. The van der Waals surface area contributed by atoms with Crippen molar-refractivity contribution >= 4 is 11.7 Å². The summed E-state index contributed by atoms with van der Waals surface area (Å²) in [5.41, 5.74) is -1.65. The van der Waals surface area contributed by atoms with Gasteiger partial charge in [-0.3, -0.25) is 0 Å². The molecule has 0 aliphatic heterocycles. The summed E-state index contributed by atoms with van der Waals surface area (Å²) < 4.78 is 57.7. The van der Waals surface area contributed by atoms with Crippen molar-refractivity contribution in [3.05, 3.63) is 28.8 Å². The number of nitrogens with zero attached hydrogens (tertiary/aromatic N) is 1. The highest BCUT2D eigenvalue weighted by Crippen LogP contribution is 2.30. The van der Waals surface area contributed by atoms with Crippen molar-refractivity contribution < 1.29 is 27.1 Å². The van der Waals surface area contributed by atoms with Crippen LogP contribution in [0.4, 0.5) is 23.2 Å². The number of carbonyl (C=O) groups is 1. The number of hydrogen-bond donors (Lipinski definition) is 0. The van der Waals surface area contributed by atoms with E-state index in [0.717, 1.165) is 4.90 Å². The maximum Gasteiger partial charge on any atom is 0.343 e. The Bertz CT molecular complexity index is 489. The molecule has 0 saturated heterocycles. The van der Waals surface area contributed by atoms with Crippen LogP contribution in [0.1, 0.15) is 17.3 Å². The average molecular weight is 265 g/mol. The SMILES string of the molecule is CCOC(=O)c1c(F)c(F)c(F)c(F)c1N(C)C. The summed E-state index contributed by atoms with van der Waals surface area (Å²) in [6, 6.07) is 0. The Hall–Kier alpha value is -1.79. The van der Waals surface area contributed by atoms with Gasteiger partial charge in [0.15, 0.2) is 23.3 Å². The molecule has 100 valence electrons. The van der Waals surface area contributed by atoms with Gasteiger partial charge in [0.05, 0.1) is 12.3 Å². The van der Waals surface area contributed by atoms with Crippen LogP contribution in [-0.2, 0) is 4.74 Å². The fourth-order valence-corrected chi connectivity index (χ4v) is 1.43. The number of rotatable bonds is 3. The number of benzene rings is 1. The van der Waals surface area contributed by atoms with Gasteiger partial charge in [0, 0.05) is 14.1 Å². The molecular formula is C11H11F4NO2. The minimum atomic E-state index is -2.04. The monoisotopic (exact) mass is 265 g/mol. The topological polar surface area (TPSA) is 29.5 Å².